The zero-order valence-electron chi connectivity index (χ0n) is 14.3. The summed E-state index contributed by atoms with van der Waals surface area (Å²) in [6.45, 7) is -0.193. The van der Waals surface area contributed by atoms with E-state index in [2.05, 4.69) is 10.6 Å². The summed E-state index contributed by atoms with van der Waals surface area (Å²) in [4.78, 5) is 23.7. The van der Waals surface area contributed by atoms with Gasteiger partial charge in [0.2, 0.25) is 0 Å². The molecule has 0 saturated carbocycles. The maximum atomic E-state index is 12.9. The summed E-state index contributed by atoms with van der Waals surface area (Å²) in [6, 6.07) is 6.66. The number of benzene rings is 2. The molecule has 0 aliphatic heterocycles. The highest BCUT2D eigenvalue weighted by molar-refractivity contribution is 5.95. The lowest BCUT2D eigenvalue weighted by molar-refractivity contribution is -0.143. The number of amides is 2. The van der Waals surface area contributed by atoms with Crippen LogP contribution in [-0.4, -0.2) is 18.9 Å². The first-order valence-electron chi connectivity index (χ1n) is 7.80. The van der Waals surface area contributed by atoms with Gasteiger partial charge in [0, 0.05) is 24.7 Å². The van der Waals surface area contributed by atoms with Gasteiger partial charge in [-0.1, -0.05) is 12.1 Å². The molecule has 28 heavy (non-hydrogen) atoms. The van der Waals surface area contributed by atoms with Gasteiger partial charge in [-0.25, -0.2) is 0 Å². The molecule has 0 bridgehead atoms. The van der Waals surface area contributed by atoms with E-state index in [0.29, 0.717) is 17.7 Å². The fourth-order valence-corrected chi connectivity index (χ4v) is 2.34. The average molecular weight is 404 g/mol. The first-order valence-corrected chi connectivity index (χ1v) is 7.80. The molecular weight excluding hydrogens is 390 g/mol. The second-order valence-electron chi connectivity index (χ2n) is 5.76. The molecule has 2 N–H and O–H groups in total. The van der Waals surface area contributed by atoms with Crippen molar-refractivity contribution in [2.45, 2.75) is 18.9 Å². The minimum Gasteiger partial charge on any atom is -0.355 e. The average Bonchev–Trinajstić information content (AvgIpc) is 2.63. The number of carbonyl (C=O) groups is 2. The number of nitrogens with one attached hydrogen (secondary N) is 2. The van der Waals surface area contributed by atoms with E-state index in [-0.39, 0.29) is 24.1 Å². The van der Waals surface area contributed by atoms with Crippen molar-refractivity contribution in [1.29, 1.82) is 0 Å². The van der Waals surface area contributed by atoms with E-state index in [9.17, 15) is 35.9 Å². The standard InChI is InChI=1S/C18H14F6N2O2/c1-25-15(27)11-4-2-3-10(5-11)9-26-16(28)12-6-13(17(19,20)21)8-14(7-12)18(22,23)24/h2-8H,9H2,1H3,(H,25,27)(H,26,28). The molecule has 0 aromatic heterocycles. The second kappa shape index (κ2) is 7.91. The summed E-state index contributed by atoms with van der Waals surface area (Å²) in [5.74, 6) is -1.50. The van der Waals surface area contributed by atoms with Gasteiger partial charge in [0.1, 0.15) is 0 Å². The Hall–Kier alpha value is -3.04. The van der Waals surface area contributed by atoms with Gasteiger partial charge < -0.3 is 10.6 Å². The summed E-state index contributed by atoms with van der Waals surface area (Å²) in [7, 11) is 1.42. The Morgan fingerprint density at radius 2 is 1.39 bits per heavy atom. The molecule has 0 spiro atoms. The van der Waals surface area contributed by atoms with Crippen molar-refractivity contribution < 1.29 is 35.9 Å². The molecule has 4 nitrogen and oxygen atoms in total. The highest BCUT2D eigenvalue weighted by Crippen LogP contribution is 2.36. The zero-order chi connectivity index (χ0) is 21.1. The van der Waals surface area contributed by atoms with E-state index in [1.165, 1.54) is 25.2 Å². The van der Waals surface area contributed by atoms with Crippen LogP contribution in [0.1, 0.15) is 37.4 Å². The topological polar surface area (TPSA) is 58.2 Å². The van der Waals surface area contributed by atoms with Crippen LogP contribution in [0.2, 0.25) is 0 Å². The fourth-order valence-electron chi connectivity index (χ4n) is 2.34. The highest BCUT2D eigenvalue weighted by atomic mass is 19.4. The molecule has 0 heterocycles. The number of rotatable bonds is 4. The van der Waals surface area contributed by atoms with Crippen LogP contribution in [0, 0.1) is 0 Å². The van der Waals surface area contributed by atoms with Crippen molar-refractivity contribution in [3.05, 3.63) is 70.3 Å². The summed E-state index contributed by atoms with van der Waals surface area (Å²) in [5.41, 5.74) is -3.20. The van der Waals surface area contributed by atoms with E-state index in [1.54, 1.807) is 6.07 Å². The Bertz CT molecular complexity index is 858. The molecule has 0 saturated heterocycles. The quantitative estimate of drug-likeness (QED) is 0.757. The number of alkyl halides is 6. The van der Waals surface area contributed by atoms with Crippen molar-refractivity contribution in [3.63, 3.8) is 0 Å². The predicted molar refractivity (Wildman–Crippen MR) is 87.4 cm³/mol. The maximum absolute atomic E-state index is 12.9. The molecule has 150 valence electrons. The van der Waals surface area contributed by atoms with Gasteiger partial charge in [-0.3, -0.25) is 9.59 Å². The molecule has 0 unspecified atom stereocenters. The van der Waals surface area contributed by atoms with Crippen LogP contribution < -0.4 is 10.6 Å². The normalized spacial score (nSPS) is 11.8. The monoisotopic (exact) mass is 404 g/mol. The van der Waals surface area contributed by atoms with Crippen LogP contribution in [-0.2, 0) is 18.9 Å². The van der Waals surface area contributed by atoms with Crippen molar-refractivity contribution in [2.24, 2.45) is 0 Å². The van der Waals surface area contributed by atoms with E-state index in [0.717, 1.165) is 0 Å². The van der Waals surface area contributed by atoms with Gasteiger partial charge in [-0.2, -0.15) is 26.3 Å². The van der Waals surface area contributed by atoms with Crippen LogP contribution in [0.25, 0.3) is 0 Å². The van der Waals surface area contributed by atoms with Crippen molar-refractivity contribution in [2.75, 3.05) is 7.05 Å². The second-order valence-corrected chi connectivity index (χ2v) is 5.76. The highest BCUT2D eigenvalue weighted by Gasteiger charge is 2.37. The lowest BCUT2D eigenvalue weighted by Crippen LogP contribution is -2.24. The minimum absolute atomic E-state index is 0.0520. The molecule has 0 atom stereocenters. The van der Waals surface area contributed by atoms with Gasteiger partial charge >= 0.3 is 12.4 Å². The van der Waals surface area contributed by atoms with Gasteiger partial charge in [0.25, 0.3) is 11.8 Å². The number of hydrogen-bond donors (Lipinski definition) is 2. The van der Waals surface area contributed by atoms with Crippen LogP contribution in [0.3, 0.4) is 0 Å². The molecule has 2 amide bonds. The number of halogens is 6. The van der Waals surface area contributed by atoms with E-state index >= 15 is 0 Å². The van der Waals surface area contributed by atoms with Crippen molar-refractivity contribution in [3.8, 4) is 0 Å². The number of hydrogen-bond acceptors (Lipinski definition) is 2. The first kappa shape index (κ1) is 21.3. The lowest BCUT2D eigenvalue weighted by Gasteiger charge is -2.14. The van der Waals surface area contributed by atoms with E-state index < -0.39 is 35.0 Å². The van der Waals surface area contributed by atoms with Crippen LogP contribution >= 0.6 is 0 Å². The summed E-state index contributed by atoms with van der Waals surface area (Å²) in [5, 5.41) is 4.65. The van der Waals surface area contributed by atoms with Gasteiger partial charge in [0.05, 0.1) is 11.1 Å². The van der Waals surface area contributed by atoms with Gasteiger partial charge in [0.15, 0.2) is 0 Å². The molecule has 2 aromatic carbocycles. The Kier molecular flexibility index (Phi) is 6.01. The SMILES string of the molecule is CNC(=O)c1cccc(CNC(=O)c2cc(C(F)(F)F)cc(C(F)(F)F)c2)c1. The molecule has 0 aliphatic carbocycles. The Labute approximate surface area is 155 Å². The summed E-state index contributed by atoms with van der Waals surface area (Å²) >= 11 is 0. The van der Waals surface area contributed by atoms with E-state index in [1.807, 2.05) is 0 Å². The van der Waals surface area contributed by atoms with E-state index in [4.69, 9.17) is 0 Å². The number of carbonyl (C=O) groups excluding carboxylic acids is 2. The van der Waals surface area contributed by atoms with Crippen molar-refractivity contribution in [1.82, 2.24) is 10.6 Å². The predicted octanol–water partition coefficient (Wildman–Crippen LogP) is 4.01. The van der Waals surface area contributed by atoms with Crippen LogP contribution in [0.15, 0.2) is 42.5 Å². The molecular formula is C18H14F6N2O2. The lowest BCUT2D eigenvalue weighted by atomic mass is 10.0. The molecule has 0 fully saturated rings. The van der Waals surface area contributed by atoms with Gasteiger partial charge in [-0.05, 0) is 35.9 Å². The van der Waals surface area contributed by atoms with Crippen molar-refractivity contribution >= 4 is 11.8 Å². The maximum Gasteiger partial charge on any atom is 0.416 e. The molecule has 10 heteroatoms. The summed E-state index contributed by atoms with van der Waals surface area (Å²) < 4.78 is 77.2. The van der Waals surface area contributed by atoms with Gasteiger partial charge in [-0.15, -0.1) is 0 Å². The third-order valence-corrected chi connectivity index (χ3v) is 3.72. The first-order chi connectivity index (χ1) is 12.9. The minimum atomic E-state index is -5.04. The molecule has 0 radical (unpaired) electrons. The van der Waals surface area contributed by atoms with Crippen LogP contribution in [0.4, 0.5) is 26.3 Å². The fraction of sp³-hybridized carbons (Fsp3) is 0.222. The molecule has 0 aliphatic rings. The Balaban J connectivity index is 2.26. The third-order valence-electron chi connectivity index (χ3n) is 3.72. The Morgan fingerprint density at radius 1 is 0.821 bits per heavy atom. The largest absolute Gasteiger partial charge is 0.416 e. The summed E-state index contributed by atoms with van der Waals surface area (Å²) in [6.07, 6.45) is -10.1. The Morgan fingerprint density at radius 3 is 1.89 bits per heavy atom. The molecule has 2 rings (SSSR count). The smallest absolute Gasteiger partial charge is 0.355 e. The third kappa shape index (κ3) is 5.24. The molecule has 2 aromatic rings. The zero-order valence-corrected chi connectivity index (χ0v) is 14.3. The van der Waals surface area contributed by atoms with Crippen LogP contribution in [0.5, 0.6) is 0 Å².